The average molecular weight is 279 g/mol. The van der Waals surface area contributed by atoms with Gasteiger partial charge in [-0.3, -0.25) is 9.69 Å². The molecule has 0 bridgehead atoms. The monoisotopic (exact) mass is 279 g/mol. The van der Waals surface area contributed by atoms with Crippen molar-refractivity contribution in [2.45, 2.75) is 33.3 Å². The number of benzene rings is 1. The molecule has 112 valence electrons. The van der Waals surface area contributed by atoms with Gasteiger partial charge in [0.15, 0.2) is 0 Å². The second-order valence-electron chi connectivity index (χ2n) is 5.74. The number of aryl methyl sites for hydroxylation is 1. The highest BCUT2D eigenvalue weighted by molar-refractivity contribution is 5.92. The fraction of sp³-hybridized carbons (Fsp3) is 0.533. The number of carbonyl (C=O) groups is 1. The molecule has 0 saturated carbocycles. The molecule has 0 aromatic heterocycles. The molecule has 0 atom stereocenters. The Kier molecular flexibility index (Phi) is 5.53. The van der Waals surface area contributed by atoms with Crippen molar-refractivity contribution in [1.82, 2.24) is 4.90 Å². The van der Waals surface area contributed by atoms with Gasteiger partial charge in [-0.2, -0.15) is 0 Å². The highest BCUT2D eigenvalue weighted by Gasteiger charge is 2.19. The van der Waals surface area contributed by atoms with Gasteiger partial charge in [0, 0.05) is 17.9 Å². The summed E-state index contributed by atoms with van der Waals surface area (Å²) >= 11 is 0. The number of likely N-dealkylation sites (N-methyl/N-ethyl adjacent to an activating group) is 1. The quantitative estimate of drug-likeness (QED) is 0.691. The molecule has 0 aliphatic heterocycles. The van der Waals surface area contributed by atoms with E-state index in [0.29, 0.717) is 24.5 Å². The predicted octanol–water partition coefficient (Wildman–Crippen LogP) is 1.61. The van der Waals surface area contributed by atoms with Gasteiger partial charge in [0.1, 0.15) is 0 Å². The van der Waals surface area contributed by atoms with Crippen LogP contribution in [0.1, 0.15) is 26.3 Å². The molecule has 0 heterocycles. The number of nitrogens with one attached hydrogen (secondary N) is 1. The fourth-order valence-corrected chi connectivity index (χ4v) is 1.95. The van der Waals surface area contributed by atoms with Crippen LogP contribution in [0.25, 0.3) is 0 Å². The van der Waals surface area contributed by atoms with Gasteiger partial charge in [-0.1, -0.05) is 13.0 Å². The first-order valence-electron chi connectivity index (χ1n) is 6.82. The maximum Gasteiger partial charge on any atom is 0.238 e. The van der Waals surface area contributed by atoms with Crippen LogP contribution in [0.2, 0.25) is 0 Å². The number of nitrogen functional groups attached to an aromatic ring is 1. The molecule has 5 nitrogen and oxygen atoms in total. The summed E-state index contributed by atoms with van der Waals surface area (Å²) in [6.45, 7) is 8.74. The molecule has 0 unspecified atom stereocenters. The normalized spacial score (nSPS) is 11.7. The van der Waals surface area contributed by atoms with E-state index in [4.69, 9.17) is 5.73 Å². The first-order chi connectivity index (χ1) is 9.21. The highest BCUT2D eigenvalue weighted by Crippen LogP contribution is 2.16. The Labute approximate surface area is 120 Å². The maximum atomic E-state index is 12.0. The zero-order valence-corrected chi connectivity index (χ0v) is 12.7. The van der Waals surface area contributed by atoms with Gasteiger partial charge in [0.05, 0.1) is 12.1 Å². The number of hydrogen-bond acceptors (Lipinski definition) is 4. The van der Waals surface area contributed by atoms with E-state index in [0.717, 1.165) is 5.56 Å². The number of rotatable bonds is 6. The van der Waals surface area contributed by atoms with Crippen molar-refractivity contribution in [3.8, 4) is 0 Å². The van der Waals surface area contributed by atoms with E-state index in [-0.39, 0.29) is 12.5 Å². The third-order valence-corrected chi connectivity index (χ3v) is 2.99. The first kappa shape index (κ1) is 16.5. The van der Waals surface area contributed by atoms with Gasteiger partial charge in [-0.05, 0) is 45.0 Å². The van der Waals surface area contributed by atoms with Gasteiger partial charge < -0.3 is 16.2 Å². The number of carbonyl (C=O) groups excluding carboxylic acids is 1. The summed E-state index contributed by atoms with van der Waals surface area (Å²) in [5, 5.41) is 12.6. The Morgan fingerprint density at radius 3 is 2.60 bits per heavy atom. The minimum absolute atomic E-state index is 0.112. The van der Waals surface area contributed by atoms with Crippen LogP contribution in [0.4, 0.5) is 11.4 Å². The summed E-state index contributed by atoms with van der Waals surface area (Å²) in [7, 11) is 0. The van der Waals surface area contributed by atoms with Crippen LogP contribution < -0.4 is 11.1 Å². The van der Waals surface area contributed by atoms with E-state index in [1.807, 2.05) is 30.9 Å². The van der Waals surface area contributed by atoms with Crippen LogP contribution in [0.5, 0.6) is 0 Å². The Morgan fingerprint density at radius 2 is 2.10 bits per heavy atom. The minimum atomic E-state index is -0.815. The lowest BCUT2D eigenvalue weighted by atomic mass is 10.1. The van der Waals surface area contributed by atoms with E-state index < -0.39 is 5.60 Å². The second-order valence-corrected chi connectivity index (χ2v) is 5.74. The van der Waals surface area contributed by atoms with E-state index in [2.05, 4.69) is 5.32 Å². The molecule has 0 fully saturated rings. The van der Waals surface area contributed by atoms with Crippen molar-refractivity contribution >= 4 is 17.3 Å². The molecule has 0 aliphatic carbocycles. The fourth-order valence-electron chi connectivity index (χ4n) is 1.95. The number of anilines is 2. The van der Waals surface area contributed by atoms with E-state index in [1.54, 1.807) is 19.9 Å². The molecule has 1 aromatic rings. The lowest BCUT2D eigenvalue weighted by Gasteiger charge is -2.27. The molecule has 5 heteroatoms. The van der Waals surface area contributed by atoms with Crippen molar-refractivity contribution < 1.29 is 9.90 Å². The average Bonchev–Trinajstić information content (AvgIpc) is 2.31. The van der Waals surface area contributed by atoms with Gasteiger partial charge >= 0.3 is 0 Å². The zero-order valence-electron chi connectivity index (χ0n) is 12.7. The van der Waals surface area contributed by atoms with Crippen molar-refractivity contribution in [3.05, 3.63) is 23.8 Å². The van der Waals surface area contributed by atoms with Crippen LogP contribution in [-0.2, 0) is 4.79 Å². The topological polar surface area (TPSA) is 78.6 Å². The SMILES string of the molecule is CCN(CC(=O)Nc1ccc(C)c(N)c1)CC(C)(C)O. The Morgan fingerprint density at radius 1 is 1.45 bits per heavy atom. The van der Waals surface area contributed by atoms with Crippen molar-refractivity contribution in [2.24, 2.45) is 0 Å². The lowest BCUT2D eigenvalue weighted by molar-refractivity contribution is -0.117. The summed E-state index contributed by atoms with van der Waals surface area (Å²) in [6, 6.07) is 5.45. The van der Waals surface area contributed by atoms with Crippen LogP contribution in [-0.4, -0.2) is 41.1 Å². The van der Waals surface area contributed by atoms with E-state index in [9.17, 15) is 9.90 Å². The third-order valence-electron chi connectivity index (χ3n) is 2.99. The van der Waals surface area contributed by atoms with Crippen LogP contribution in [0.3, 0.4) is 0 Å². The molecule has 1 rings (SSSR count). The van der Waals surface area contributed by atoms with Gasteiger partial charge in [0.2, 0.25) is 5.91 Å². The number of nitrogens with two attached hydrogens (primary N) is 1. The number of hydrogen-bond donors (Lipinski definition) is 3. The highest BCUT2D eigenvalue weighted by atomic mass is 16.3. The molecule has 20 heavy (non-hydrogen) atoms. The van der Waals surface area contributed by atoms with Crippen LogP contribution in [0, 0.1) is 6.92 Å². The number of amides is 1. The number of nitrogens with zero attached hydrogens (tertiary/aromatic N) is 1. The molecule has 0 spiro atoms. The largest absolute Gasteiger partial charge is 0.398 e. The van der Waals surface area contributed by atoms with Crippen molar-refractivity contribution in [1.29, 1.82) is 0 Å². The van der Waals surface area contributed by atoms with Crippen LogP contribution >= 0.6 is 0 Å². The number of aliphatic hydroxyl groups is 1. The Bertz CT molecular complexity index is 467. The maximum absolute atomic E-state index is 12.0. The summed E-state index contributed by atoms with van der Waals surface area (Å²) in [4.78, 5) is 13.9. The summed E-state index contributed by atoms with van der Waals surface area (Å²) in [6.07, 6.45) is 0. The molecule has 1 amide bonds. The molecular weight excluding hydrogens is 254 g/mol. The molecule has 0 aliphatic rings. The second kappa shape index (κ2) is 6.72. The Hall–Kier alpha value is -1.59. The summed E-state index contributed by atoms with van der Waals surface area (Å²) in [5.41, 5.74) is 7.33. The van der Waals surface area contributed by atoms with Crippen LogP contribution in [0.15, 0.2) is 18.2 Å². The lowest BCUT2D eigenvalue weighted by Crippen LogP contribution is -2.42. The van der Waals surface area contributed by atoms with Crippen molar-refractivity contribution in [3.63, 3.8) is 0 Å². The summed E-state index contributed by atoms with van der Waals surface area (Å²) in [5.74, 6) is -0.112. The molecule has 0 radical (unpaired) electrons. The molecule has 4 N–H and O–H groups in total. The van der Waals surface area contributed by atoms with E-state index >= 15 is 0 Å². The Balaban J connectivity index is 2.59. The first-order valence-corrected chi connectivity index (χ1v) is 6.82. The molecule has 1 aromatic carbocycles. The standard InChI is InChI=1S/C15H25N3O2/c1-5-18(10-15(3,4)20)9-14(19)17-12-7-6-11(2)13(16)8-12/h6-8,20H,5,9-10,16H2,1-4H3,(H,17,19). The zero-order chi connectivity index (χ0) is 15.3. The summed E-state index contributed by atoms with van der Waals surface area (Å²) < 4.78 is 0. The predicted molar refractivity (Wildman–Crippen MR) is 82.6 cm³/mol. The molecule has 0 saturated heterocycles. The van der Waals surface area contributed by atoms with Crippen molar-refractivity contribution in [2.75, 3.05) is 30.7 Å². The van der Waals surface area contributed by atoms with Gasteiger partial charge in [-0.25, -0.2) is 0 Å². The van der Waals surface area contributed by atoms with Gasteiger partial charge in [-0.15, -0.1) is 0 Å². The third kappa shape index (κ3) is 5.59. The minimum Gasteiger partial charge on any atom is -0.398 e. The van der Waals surface area contributed by atoms with E-state index in [1.165, 1.54) is 0 Å². The smallest absolute Gasteiger partial charge is 0.238 e. The van der Waals surface area contributed by atoms with Gasteiger partial charge in [0.25, 0.3) is 0 Å². The molecular formula is C15H25N3O2.